The molecule has 22 heavy (non-hydrogen) atoms. The molecule has 0 spiro atoms. The molecule has 0 bridgehead atoms. The number of halogens is 7. The van der Waals surface area contributed by atoms with E-state index in [0.717, 1.165) is 24.3 Å². The summed E-state index contributed by atoms with van der Waals surface area (Å²) >= 11 is 0. The zero-order valence-corrected chi connectivity index (χ0v) is 10.6. The van der Waals surface area contributed by atoms with Gasteiger partial charge >= 0.3 is 12.5 Å². The minimum atomic E-state index is -4.91. The summed E-state index contributed by atoms with van der Waals surface area (Å²) in [5.74, 6) is -1.47. The SMILES string of the molecule is Fc1ccc(C(F)(F)F)c(-c2ccc(OC(F)(F)F)cc2)c1. The molecule has 0 atom stereocenters. The first-order valence-corrected chi connectivity index (χ1v) is 5.79. The van der Waals surface area contributed by atoms with Gasteiger partial charge in [0, 0.05) is 0 Å². The van der Waals surface area contributed by atoms with Crippen molar-refractivity contribution in [1.29, 1.82) is 0 Å². The van der Waals surface area contributed by atoms with Crippen molar-refractivity contribution in [1.82, 2.24) is 0 Å². The van der Waals surface area contributed by atoms with E-state index >= 15 is 0 Å². The van der Waals surface area contributed by atoms with Crippen molar-refractivity contribution in [2.75, 3.05) is 0 Å². The second kappa shape index (κ2) is 5.51. The van der Waals surface area contributed by atoms with Crippen LogP contribution in [-0.4, -0.2) is 6.36 Å². The fourth-order valence-electron chi connectivity index (χ4n) is 1.84. The topological polar surface area (TPSA) is 9.23 Å². The first-order chi connectivity index (χ1) is 10.1. The molecule has 2 rings (SSSR count). The largest absolute Gasteiger partial charge is 0.573 e. The van der Waals surface area contributed by atoms with E-state index in [1.807, 2.05) is 0 Å². The molecule has 0 saturated carbocycles. The predicted octanol–water partition coefficient (Wildman–Crippen LogP) is 5.41. The molecule has 0 amide bonds. The molecule has 0 aliphatic carbocycles. The van der Waals surface area contributed by atoms with Gasteiger partial charge in [-0.15, -0.1) is 13.2 Å². The third kappa shape index (κ3) is 3.90. The Labute approximate surface area is 119 Å². The molecule has 0 unspecified atom stereocenters. The Kier molecular flexibility index (Phi) is 4.04. The Hall–Kier alpha value is -2.25. The van der Waals surface area contributed by atoms with Gasteiger partial charge in [-0.3, -0.25) is 0 Å². The number of benzene rings is 2. The first kappa shape index (κ1) is 16.1. The zero-order chi connectivity index (χ0) is 16.5. The lowest BCUT2D eigenvalue weighted by atomic mass is 9.99. The molecular formula is C14H7F7O. The van der Waals surface area contributed by atoms with E-state index in [2.05, 4.69) is 4.74 Å². The minimum Gasteiger partial charge on any atom is -0.406 e. The van der Waals surface area contributed by atoms with Crippen molar-refractivity contribution in [3.05, 3.63) is 53.8 Å². The molecule has 0 aliphatic rings. The fourth-order valence-corrected chi connectivity index (χ4v) is 1.84. The summed E-state index contributed by atoms with van der Waals surface area (Å²) in [6.45, 7) is 0. The summed E-state index contributed by atoms with van der Waals surface area (Å²) in [6, 6.07) is 5.60. The molecule has 0 N–H and O–H groups in total. The molecule has 2 aromatic carbocycles. The van der Waals surface area contributed by atoms with E-state index in [4.69, 9.17) is 0 Å². The standard InChI is InChI=1S/C14H7F7O/c15-9-3-6-12(13(16,17)18)11(7-9)8-1-4-10(5-2-8)22-14(19,20)21/h1-7H. The van der Waals surface area contributed by atoms with Crippen molar-refractivity contribution >= 4 is 0 Å². The highest BCUT2D eigenvalue weighted by atomic mass is 19.4. The minimum absolute atomic E-state index is 0.0821. The third-order valence-corrected chi connectivity index (χ3v) is 2.69. The van der Waals surface area contributed by atoms with Gasteiger partial charge in [-0.2, -0.15) is 13.2 Å². The van der Waals surface area contributed by atoms with Gasteiger partial charge in [0.1, 0.15) is 11.6 Å². The normalized spacial score (nSPS) is 12.3. The third-order valence-electron chi connectivity index (χ3n) is 2.69. The van der Waals surface area contributed by atoms with Crippen LogP contribution in [0.2, 0.25) is 0 Å². The number of rotatable bonds is 2. The van der Waals surface area contributed by atoms with Crippen LogP contribution in [0.15, 0.2) is 42.5 Å². The highest BCUT2D eigenvalue weighted by molar-refractivity contribution is 5.68. The fraction of sp³-hybridized carbons (Fsp3) is 0.143. The molecule has 0 aliphatic heterocycles. The molecule has 0 saturated heterocycles. The Balaban J connectivity index is 2.42. The monoisotopic (exact) mass is 324 g/mol. The van der Waals surface area contributed by atoms with E-state index in [9.17, 15) is 30.7 Å². The second-order valence-electron chi connectivity index (χ2n) is 4.26. The molecule has 0 heterocycles. The van der Waals surface area contributed by atoms with Crippen LogP contribution in [0.5, 0.6) is 5.75 Å². The summed E-state index contributed by atoms with van der Waals surface area (Å²) in [7, 11) is 0. The van der Waals surface area contributed by atoms with E-state index in [0.29, 0.717) is 18.2 Å². The second-order valence-corrected chi connectivity index (χ2v) is 4.26. The van der Waals surface area contributed by atoms with Gasteiger partial charge in [0.25, 0.3) is 0 Å². The van der Waals surface area contributed by atoms with Crippen LogP contribution in [0.1, 0.15) is 5.56 Å². The quantitative estimate of drug-likeness (QED) is 0.671. The van der Waals surface area contributed by atoms with Gasteiger partial charge in [-0.05, 0) is 41.5 Å². The predicted molar refractivity (Wildman–Crippen MR) is 63.5 cm³/mol. The van der Waals surface area contributed by atoms with Gasteiger partial charge < -0.3 is 4.74 Å². The Morgan fingerprint density at radius 1 is 0.773 bits per heavy atom. The van der Waals surface area contributed by atoms with Crippen molar-refractivity contribution in [2.24, 2.45) is 0 Å². The summed E-state index contributed by atoms with van der Waals surface area (Å²) in [5, 5.41) is 0. The highest BCUT2D eigenvalue weighted by Crippen LogP contribution is 2.38. The van der Waals surface area contributed by atoms with Gasteiger partial charge in [0.15, 0.2) is 0 Å². The van der Waals surface area contributed by atoms with E-state index < -0.39 is 35.2 Å². The highest BCUT2D eigenvalue weighted by Gasteiger charge is 2.34. The van der Waals surface area contributed by atoms with Crippen molar-refractivity contribution in [2.45, 2.75) is 12.5 Å². The van der Waals surface area contributed by atoms with E-state index in [1.54, 1.807) is 0 Å². The van der Waals surface area contributed by atoms with Crippen LogP contribution in [-0.2, 0) is 6.18 Å². The molecule has 1 nitrogen and oxygen atoms in total. The summed E-state index contributed by atoms with van der Waals surface area (Å²) in [5.41, 5.74) is -1.63. The average molecular weight is 324 g/mol. The maximum Gasteiger partial charge on any atom is 0.573 e. The Morgan fingerprint density at radius 2 is 1.36 bits per heavy atom. The van der Waals surface area contributed by atoms with E-state index in [1.165, 1.54) is 0 Å². The number of hydrogen-bond donors (Lipinski definition) is 0. The van der Waals surface area contributed by atoms with E-state index in [-0.39, 0.29) is 5.56 Å². The summed E-state index contributed by atoms with van der Waals surface area (Å²) in [6.07, 6.45) is -9.62. The lowest BCUT2D eigenvalue weighted by Gasteiger charge is -2.14. The molecular weight excluding hydrogens is 317 g/mol. The number of alkyl halides is 6. The first-order valence-electron chi connectivity index (χ1n) is 5.79. The van der Waals surface area contributed by atoms with Gasteiger partial charge in [0.2, 0.25) is 0 Å². The van der Waals surface area contributed by atoms with Crippen LogP contribution in [0.25, 0.3) is 11.1 Å². The molecule has 2 aromatic rings. The van der Waals surface area contributed by atoms with Crippen LogP contribution < -0.4 is 4.74 Å². The lowest BCUT2D eigenvalue weighted by molar-refractivity contribution is -0.274. The van der Waals surface area contributed by atoms with Crippen LogP contribution in [0, 0.1) is 5.82 Å². The van der Waals surface area contributed by atoms with Crippen LogP contribution in [0.3, 0.4) is 0 Å². The van der Waals surface area contributed by atoms with Crippen molar-refractivity contribution in [3.63, 3.8) is 0 Å². The zero-order valence-electron chi connectivity index (χ0n) is 10.6. The molecule has 8 heteroatoms. The van der Waals surface area contributed by atoms with Gasteiger partial charge in [-0.25, -0.2) is 4.39 Å². The maximum atomic E-state index is 13.2. The van der Waals surface area contributed by atoms with Crippen LogP contribution >= 0.6 is 0 Å². The summed E-state index contributed by atoms with van der Waals surface area (Å²) < 4.78 is 91.5. The van der Waals surface area contributed by atoms with Gasteiger partial charge in [0.05, 0.1) is 5.56 Å². The Bertz CT molecular complexity index is 656. The summed E-state index contributed by atoms with van der Waals surface area (Å²) in [4.78, 5) is 0. The molecule has 0 radical (unpaired) electrons. The lowest BCUT2D eigenvalue weighted by Crippen LogP contribution is -2.17. The Morgan fingerprint density at radius 3 is 1.86 bits per heavy atom. The molecule has 0 aromatic heterocycles. The van der Waals surface area contributed by atoms with Crippen molar-refractivity contribution < 1.29 is 35.5 Å². The molecule has 118 valence electrons. The smallest absolute Gasteiger partial charge is 0.406 e. The van der Waals surface area contributed by atoms with Gasteiger partial charge in [-0.1, -0.05) is 12.1 Å². The maximum absolute atomic E-state index is 13.2. The van der Waals surface area contributed by atoms with Crippen molar-refractivity contribution in [3.8, 4) is 16.9 Å². The molecule has 0 fully saturated rings. The number of ether oxygens (including phenoxy) is 1. The average Bonchev–Trinajstić information content (AvgIpc) is 2.36. The van der Waals surface area contributed by atoms with Crippen LogP contribution in [0.4, 0.5) is 30.7 Å². The number of hydrogen-bond acceptors (Lipinski definition) is 1.